The fourth-order valence-corrected chi connectivity index (χ4v) is 2.53. The van der Waals surface area contributed by atoms with Gasteiger partial charge in [-0.05, 0) is 62.4 Å². The van der Waals surface area contributed by atoms with Crippen molar-refractivity contribution in [1.82, 2.24) is 0 Å². The van der Waals surface area contributed by atoms with Gasteiger partial charge in [0.05, 0.1) is 0 Å². The maximum atomic E-state index is 12.4. The van der Waals surface area contributed by atoms with Crippen LogP contribution in [0.15, 0.2) is 78.9 Å². The maximum Gasteiger partial charge on any atom is 0.265 e. The van der Waals surface area contributed by atoms with Gasteiger partial charge in [-0.15, -0.1) is 0 Å². The topological polar surface area (TPSA) is 64.6 Å². The summed E-state index contributed by atoms with van der Waals surface area (Å²) in [5.41, 5.74) is 1.20. The molecule has 5 nitrogen and oxygen atoms in total. The third-order valence-corrected chi connectivity index (χ3v) is 4.03. The molecule has 3 rings (SSSR count). The molecule has 0 fully saturated rings. The Labute approximate surface area is 163 Å². The van der Waals surface area contributed by atoms with E-state index in [0.29, 0.717) is 22.7 Å². The summed E-state index contributed by atoms with van der Waals surface area (Å²) in [5.74, 6) is 1.57. The van der Waals surface area contributed by atoms with Crippen molar-refractivity contribution in [3.05, 3.63) is 84.4 Å². The van der Waals surface area contributed by atoms with Crippen molar-refractivity contribution in [3.8, 4) is 17.2 Å². The molecule has 142 valence electrons. The minimum absolute atomic E-state index is 0.0211. The van der Waals surface area contributed by atoms with Crippen molar-refractivity contribution in [3.63, 3.8) is 0 Å². The molecule has 0 saturated carbocycles. The Morgan fingerprint density at radius 1 is 0.821 bits per heavy atom. The van der Waals surface area contributed by atoms with Gasteiger partial charge < -0.3 is 14.8 Å². The number of hydrogen-bond donors (Lipinski definition) is 1. The Morgan fingerprint density at radius 3 is 2.14 bits per heavy atom. The minimum atomic E-state index is -0.709. The number of para-hydroxylation sites is 1. The summed E-state index contributed by atoms with van der Waals surface area (Å²) in [6.07, 6.45) is -0.709. The molecule has 5 heteroatoms. The average Bonchev–Trinajstić information content (AvgIpc) is 2.69. The van der Waals surface area contributed by atoms with Crippen molar-refractivity contribution in [2.24, 2.45) is 0 Å². The van der Waals surface area contributed by atoms with E-state index in [9.17, 15) is 9.59 Å². The summed E-state index contributed by atoms with van der Waals surface area (Å²) in [6, 6.07) is 23.3. The van der Waals surface area contributed by atoms with Crippen LogP contribution in [0.1, 0.15) is 24.2 Å². The number of benzene rings is 3. The molecule has 1 amide bonds. The van der Waals surface area contributed by atoms with E-state index in [1.807, 2.05) is 36.4 Å². The normalized spacial score (nSPS) is 11.4. The largest absolute Gasteiger partial charge is 0.481 e. The highest BCUT2D eigenvalue weighted by Crippen LogP contribution is 2.25. The third-order valence-electron chi connectivity index (χ3n) is 4.03. The van der Waals surface area contributed by atoms with E-state index in [0.717, 1.165) is 5.75 Å². The highest BCUT2D eigenvalue weighted by atomic mass is 16.5. The third kappa shape index (κ3) is 5.20. The summed E-state index contributed by atoms with van der Waals surface area (Å²) >= 11 is 0. The number of carbonyl (C=O) groups excluding carboxylic acids is 2. The maximum absolute atomic E-state index is 12.4. The first-order chi connectivity index (χ1) is 13.5. The molecule has 1 N–H and O–H groups in total. The Hall–Kier alpha value is -3.60. The smallest absolute Gasteiger partial charge is 0.265 e. The van der Waals surface area contributed by atoms with Gasteiger partial charge in [0.15, 0.2) is 11.9 Å². The second-order valence-electron chi connectivity index (χ2n) is 6.27. The number of anilines is 1. The second-order valence-corrected chi connectivity index (χ2v) is 6.27. The molecule has 0 aromatic heterocycles. The van der Waals surface area contributed by atoms with Crippen LogP contribution in [0.4, 0.5) is 5.69 Å². The summed E-state index contributed by atoms with van der Waals surface area (Å²) in [7, 11) is 0. The van der Waals surface area contributed by atoms with E-state index in [-0.39, 0.29) is 11.7 Å². The molecule has 3 aromatic carbocycles. The lowest BCUT2D eigenvalue weighted by Crippen LogP contribution is -2.30. The number of carbonyl (C=O) groups is 2. The van der Waals surface area contributed by atoms with Gasteiger partial charge in [0.2, 0.25) is 0 Å². The van der Waals surface area contributed by atoms with Gasteiger partial charge >= 0.3 is 0 Å². The fourth-order valence-electron chi connectivity index (χ4n) is 2.53. The molecule has 0 bridgehead atoms. The SMILES string of the molecule is CC(=O)c1ccc(NC(=O)C(C)Oc2cccc(Oc3ccccc3)c2)cc1. The Balaban J connectivity index is 1.60. The number of Topliss-reactive ketones (excluding diaryl/α,β-unsaturated/α-hetero) is 1. The van der Waals surface area contributed by atoms with Crippen molar-refractivity contribution >= 4 is 17.4 Å². The van der Waals surface area contributed by atoms with Gasteiger partial charge in [0.25, 0.3) is 5.91 Å². The van der Waals surface area contributed by atoms with Crippen LogP contribution in [-0.2, 0) is 4.79 Å². The van der Waals surface area contributed by atoms with Crippen LogP contribution < -0.4 is 14.8 Å². The van der Waals surface area contributed by atoms with Gasteiger partial charge in [-0.25, -0.2) is 0 Å². The van der Waals surface area contributed by atoms with E-state index in [1.165, 1.54) is 6.92 Å². The van der Waals surface area contributed by atoms with E-state index < -0.39 is 6.10 Å². The van der Waals surface area contributed by atoms with Crippen LogP contribution in [0.2, 0.25) is 0 Å². The Morgan fingerprint density at radius 2 is 1.46 bits per heavy atom. The molecule has 0 heterocycles. The van der Waals surface area contributed by atoms with Crippen LogP contribution in [0, 0.1) is 0 Å². The van der Waals surface area contributed by atoms with Crippen LogP contribution in [-0.4, -0.2) is 17.8 Å². The molecule has 0 spiro atoms. The number of nitrogens with one attached hydrogen (secondary N) is 1. The molecular formula is C23H21NO4. The van der Waals surface area contributed by atoms with Crippen molar-refractivity contribution in [1.29, 1.82) is 0 Å². The Kier molecular flexibility index (Phi) is 6.07. The van der Waals surface area contributed by atoms with E-state index >= 15 is 0 Å². The van der Waals surface area contributed by atoms with Gasteiger partial charge in [-0.3, -0.25) is 9.59 Å². The second kappa shape index (κ2) is 8.86. The first-order valence-electron chi connectivity index (χ1n) is 8.93. The number of rotatable bonds is 7. The zero-order valence-electron chi connectivity index (χ0n) is 15.7. The predicted octanol–water partition coefficient (Wildman–Crippen LogP) is 5.09. The van der Waals surface area contributed by atoms with Crippen LogP contribution in [0.5, 0.6) is 17.2 Å². The van der Waals surface area contributed by atoms with E-state index in [2.05, 4.69) is 5.32 Å². The number of ketones is 1. The molecule has 1 atom stereocenters. The van der Waals surface area contributed by atoms with Crippen molar-refractivity contribution < 1.29 is 19.1 Å². The lowest BCUT2D eigenvalue weighted by molar-refractivity contribution is -0.122. The standard InChI is InChI=1S/C23H21NO4/c1-16(25)18-11-13-19(14-12-18)24-23(26)17(2)27-21-9-6-10-22(15-21)28-20-7-4-3-5-8-20/h3-15,17H,1-2H3,(H,24,26). The quantitative estimate of drug-likeness (QED) is 0.584. The summed E-state index contributed by atoms with van der Waals surface area (Å²) in [4.78, 5) is 23.7. The molecule has 0 saturated heterocycles. The number of hydrogen-bond acceptors (Lipinski definition) is 4. The first-order valence-corrected chi connectivity index (χ1v) is 8.93. The fraction of sp³-hybridized carbons (Fsp3) is 0.130. The molecule has 28 heavy (non-hydrogen) atoms. The summed E-state index contributed by atoms with van der Waals surface area (Å²) in [5, 5.41) is 2.78. The molecule has 0 radical (unpaired) electrons. The predicted molar refractivity (Wildman–Crippen MR) is 108 cm³/mol. The monoisotopic (exact) mass is 375 g/mol. The van der Waals surface area contributed by atoms with Crippen LogP contribution in [0.3, 0.4) is 0 Å². The van der Waals surface area contributed by atoms with Crippen LogP contribution >= 0.6 is 0 Å². The van der Waals surface area contributed by atoms with E-state index in [4.69, 9.17) is 9.47 Å². The molecule has 0 aliphatic heterocycles. The number of amides is 1. The van der Waals surface area contributed by atoms with Crippen molar-refractivity contribution in [2.75, 3.05) is 5.32 Å². The zero-order chi connectivity index (χ0) is 19.9. The van der Waals surface area contributed by atoms with Gasteiger partial charge in [-0.2, -0.15) is 0 Å². The van der Waals surface area contributed by atoms with Gasteiger partial charge in [0.1, 0.15) is 17.2 Å². The average molecular weight is 375 g/mol. The lowest BCUT2D eigenvalue weighted by atomic mass is 10.1. The summed E-state index contributed by atoms with van der Waals surface area (Å²) in [6.45, 7) is 3.17. The summed E-state index contributed by atoms with van der Waals surface area (Å²) < 4.78 is 11.5. The highest BCUT2D eigenvalue weighted by Gasteiger charge is 2.15. The lowest BCUT2D eigenvalue weighted by Gasteiger charge is -2.15. The zero-order valence-corrected chi connectivity index (χ0v) is 15.7. The molecular weight excluding hydrogens is 354 g/mol. The highest BCUT2D eigenvalue weighted by molar-refractivity contribution is 5.96. The van der Waals surface area contributed by atoms with Crippen LogP contribution in [0.25, 0.3) is 0 Å². The molecule has 1 unspecified atom stereocenters. The number of ether oxygens (including phenoxy) is 2. The minimum Gasteiger partial charge on any atom is -0.481 e. The Bertz CT molecular complexity index is 952. The molecule has 0 aliphatic carbocycles. The van der Waals surface area contributed by atoms with Gasteiger partial charge in [0, 0.05) is 17.3 Å². The molecule has 0 aliphatic rings. The van der Waals surface area contributed by atoms with Crippen molar-refractivity contribution in [2.45, 2.75) is 20.0 Å². The van der Waals surface area contributed by atoms with Gasteiger partial charge in [-0.1, -0.05) is 24.3 Å². The molecule has 3 aromatic rings. The van der Waals surface area contributed by atoms with E-state index in [1.54, 1.807) is 49.4 Å². The first kappa shape index (κ1) is 19.2.